The molecule has 0 saturated heterocycles. The lowest BCUT2D eigenvalue weighted by Crippen LogP contribution is -2.26. The van der Waals surface area contributed by atoms with E-state index in [1.807, 2.05) is 6.92 Å². The first kappa shape index (κ1) is 15.9. The highest BCUT2D eigenvalue weighted by molar-refractivity contribution is 5.20. The molecule has 0 atom stereocenters. The summed E-state index contributed by atoms with van der Waals surface area (Å²) >= 11 is 0. The molecule has 0 saturated carbocycles. The van der Waals surface area contributed by atoms with Crippen LogP contribution in [0.2, 0.25) is 0 Å². The smallest absolute Gasteiger partial charge is 0.254 e. The molecule has 3 heterocycles. The molecule has 2 aromatic heterocycles. The van der Waals surface area contributed by atoms with Crippen molar-refractivity contribution in [2.45, 2.75) is 46.6 Å². The Morgan fingerprint density at radius 3 is 2.87 bits per heavy atom. The lowest BCUT2D eigenvalue weighted by Gasteiger charge is -2.18. The SMILES string of the molecule is Cc1nc2c(c(=O)[nH]1)CCN(Cc1cc(CC(C)C)n[nH]1)CC2. The number of fused-ring (bicyclic) bond motifs is 1. The zero-order valence-corrected chi connectivity index (χ0v) is 14.1. The summed E-state index contributed by atoms with van der Waals surface area (Å²) in [5.74, 6) is 1.31. The maximum absolute atomic E-state index is 12.1. The normalized spacial score (nSPS) is 15.7. The van der Waals surface area contributed by atoms with E-state index >= 15 is 0 Å². The first-order valence-electron chi connectivity index (χ1n) is 8.35. The van der Waals surface area contributed by atoms with Gasteiger partial charge >= 0.3 is 0 Å². The number of aryl methyl sites for hydroxylation is 1. The maximum Gasteiger partial charge on any atom is 0.254 e. The third kappa shape index (κ3) is 3.88. The van der Waals surface area contributed by atoms with Crippen LogP contribution < -0.4 is 5.56 Å². The Hall–Kier alpha value is -1.95. The molecule has 0 unspecified atom stereocenters. The summed E-state index contributed by atoms with van der Waals surface area (Å²) < 4.78 is 0. The molecule has 0 spiro atoms. The van der Waals surface area contributed by atoms with E-state index in [1.165, 1.54) is 0 Å². The first-order valence-corrected chi connectivity index (χ1v) is 8.35. The molecule has 1 aliphatic rings. The molecular weight excluding hydrogens is 290 g/mol. The second-order valence-corrected chi connectivity index (χ2v) is 6.84. The van der Waals surface area contributed by atoms with Gasteiger partial charge in [0.2, 0.25) is 0 Å². The van der Waals surface area contributed by atoms with E-state index < -0.39 is 0 Å². The van der Waals surface area contributed by atoms with Gasteiger partial charge in [0.05, 0.1) is 11.4 Å². The Labute approximate surface area is 136 Å². The molecule has 0 fully saturated rings. The summed E-state index contributed by atoms with van der Waals surface area (Å²) in [5, 5.41) is 7.54. The van der Waals surface area contributed by atoms with Gasteiger partial charge in [0.15, 0.2) is 0 Å². The largest absolute Gasteiger partial charge is 0.311 e. The van der Waals surface area contributed by atoms with Gasteiger partial charge in [-0.1, -0.05) is 13.8 Å². The maximum atomic E-state index is 12.1. The summed E-state index contributed by atoms with van der Waals surface area (Å²) in [4.78, 5) is 21.8. The monoisotopic (exact) mass is 315 g/mol. The second kappa shape index (κ2) is 6.66. The van der Waals surface area contributed by atoms with Crippen LogP contribution in [0, 0.1) is 12.8 Å². The Morgan fingerprint density at radius 1 is 1.30 bits per heavy atom. The third-order valence-electron chi connectivity index (χ3n) is 4.26. The van der Waals surface area contributed by atoms with E-state index in [9.17, 15) is 4.79 Å². The number of nitrogens with zero attached hydrogens (tertiary/aromatic N) is 3. The van der Waals surface area contributed by atoms with Crippen LogP contribution in [-0.4, -0.2) is 38.2 Å². The quantitative estimate of drug-likeness (QED) is 0.898. The van der Waals surface area contributed by atoms with Crippen molar-refractivity contribution in [1.82, 2.24) is 25.1 Å². The minimum absolute atomic E-state index is 0.0232. The Kier molecular flexibility index (Phi) is 4.61. The highest BCUT2D eigenvalue weighted by Crippen LogP contribution is 2.14. The van der Waals surface area contributed by atoms with Crippen LogP contribution in [-0.2, 0) is 25.8 Å². The average molecular weight is 315 g/mol. The lowest BCUT2D eigenvalue weighted by molar-refractivity contribution is 0.275. The van der Waals surface area contributed by atoms with Crippen molar-refractivity contribution in [3.8, 4) is 0 Å². The van der Waals surface area contributed by atoms with E-state index in [0.29, 0.717) is 11.7 Å². The molecule has 124 valence electrons. The molecule has 0 aromatic carbocycles. The molecule has 23 heavy (non-hydrogen) atoms. The summed E-state index contributed by atoms with van der Waals surface area (Å²) in [6.07, 6.45) is 2.58. The van der Waals surface area contributed by atoms with Crippen molar-refractivity contribution in [3.63, 3.8) is 0 Å². The van der Waals surface area contributed by atoms with Gasteiger partial charge in [0.25, 0.3) is 5.56 Å². The van der Waals surface area contributed by atoms with Crippen LogP contribution in [0.4, 0.5) is 0 Å². The van der Waals surface area contributed by atoms with E-state index in [0.717, 1.165) is 61.5 Å². The zero-order valence-electron chi connectivity index (χ0n) is 14.1. The molecule has 3 rings (SSSR count). The van der Waals surface area contributed by atoms with Gasteiger partial charge in [-0.3, -0.25) is 14.8 Å². The summed E-state index contributed by atoms with van der Waals surface area (Å²) in [6, 6.07) is 2.16. The fraction of sp³-hybridized carbons (Fsp3) is 0.588. The molecule has 6 heteroatoms. The van der Waals surface area contributed by atoms with E-state index in [4.69, 9.17) is 0 Å². The van der Waals surface area contributed by atoms with Gasteiger partial charge in [-0.2, -0.15) is 5.10 Å². The van der Waals surface area contributed by atoms with Crippen LogP contribution in [0.15, 0.2) is 10.9 Å². The number of aromatic amines is 2. The first-order chi connectivity index (χ1) is 11.0. The van der Waals surface area contributed by atoms with Crippen LogP contribution in [0.1, 0.15) is 42.3 Å². The predicted molar refractivity (Wildman–Crippen MR) is 89.4 cm³/mol. The molecule has 0 bridgehead atoms. The van der Waals surface area contributed by atoms with Gasteiger partial charge in [0, 0.05) is 37.3 Å². The Morgan fingerprint density at radius 2 is 2.09 bits per heavy atom. The number of hydrogen-bond donors (Lipinski definition) is 2. The highest BCUT2D eigenvalue weighted by Gasteiger charge is 2.18. The number of aromatic nitrogens is 4. The van der Waals surface area contributed by atoms with Gasteiger partial charge < -0.3 is 4.98 Å². The van der Waals surface area contributed by atoms with E-state index in [-0.39, 0.29) is 5.56 Å². The van der Waals surface area contributed by atoms with Crippen molar-refractivity contribution < 1.29 is 0 Å². The standard InChI is InChI=1S/C17H25N5O/c1-11(2)8-13-9-14(21-20-13)10-22-6-4-15-16(5-7-22)18-12(3)19-17(15)23/h9,11H,4-8,10H2,1-3H3,(H,20,21)(H,18,19,23). The van der Waals surface area contributed by atoms with Gasteiger partial charge in [0.1, 0.15) is 5.82 Å². The molecule has 1 aliphatic heterocycles. The molecule has 2 N–H and O–H groups in total. The minimum Gasteiger partial charge on any atom is -0.311 e. The van der Waals surface area contributed by atoms with Crippen molar-refractivity contribution >= 4 is 0 Å². The van der Waals surface area contributed by atoms with E-state index in [1.54, 1.807) is 0 Å². The predicted octanol–water partition coefficient (Wildman–Crippen LogP) is 1.60. The molecule has 0 aliphatic carbocycles. The number of rotatable bonds is 4. The Balaban J connectivity index is 1.67. The number of nitrogens with one attached hydrogen (secondary N) is 2. The summed E-state index contributed by atoms with van der Waals surface area (Å²) in [6.45, 7) is 8.88. The van der Waals surface area contributed by atoms with Crippen molar-refractivity contribution in [1.29, 1.82) is 0 Å². The minimum atomic E-state index is 0.0232. The average Bonchev–Trinajstić information content (AvgIpc) is 2.78. The summed E-state index contributed by atoms with van der Waals surface area (Å²) in [5.41, 5.74) is 4.10. The van der Waals surface area contributed by atoms with Crippen LogP contribution in [0.25, 0.3) is 0 Å². The molecule has 0 radical (unpaired) electrons. The lowest BCUT2D eigenvalue weighted by atomic mass is 10.1. The molecule has 0 amide bonds. The van der Waals surface area contributed by atoms with Crippen LogP contribution >= 0.6 is 0 Å². The topological polar surface area (TPSA) is 77.7 Å². The van der Waals surface area contributed by atoms with Gasteiger partial charge in [-0.25, -0.2) is 4.98 Å². The third-order valence-corrected chi connectivity index (χ3v) is 4.26. The van der Waals surface area contributed by atoms with Crippen molar-refractivity contribution in [2.24, 2.45) is 5.92 Å². The highest BCUT2D eigenvalue weighted by atomic mass is 16.1. The van der Waals surface area contributed by atoms with Gasteiger partial charge in [-0.15, -0.1) is 0 Å². The van der Waals surface area contributed by atoms with E-state index in [2.05, 4.69) is 45.0 Å². The molecule has 6 nitrogen and oxygen atoms in total. The summed E-state index contributed by atoms with van der Waals surface area (Å²) in [7, 11) is 0. The molecule has 2 aromatic rings. The Bertz CT molecular complexity index is 731. The van der Waals surface area contributed by atoms with Crippen molar-refractivity contribution in [2.75, 3.05) is 13.1 Å². The number of hydrogen-bond acceptors (Lipinski definition) is 4. The fourth-order valence-electron chi connectivity index (χ4n) is 3.19. The van der Waals surface area contributed by atoms with Crippen LogP contribution in [0.5, 0.6) is 0 Å². The van der Waals surface area contributed by atoms with Crippen molar-refractivity contribution in [3.05, 3.63) is 44.9 Å². The fourth-order valence-corrected chi connectivity index (χ4v) is 3.19. The second-order valence-electron chi connectivity index (χ2n) is 6.84. The zero-order chi connectivity index (χ0) is 16.4. The van der Waals surface area contributed by atoms with Crippen LogP contribution in [0.3, 0.4) is 0 Å². The number of H-pyrrole nitrogens is 2. The van der Waals surface area contributed by atoms with Gasteiger partial charge in [-0.05, 0) is 31.7 Å². The molecular formula is C17H25N5O.